The highest BCUT2D eigenvalue weighted by Gasteiger charge is 2.43. The Bertz CT molecular complexity index is 882. The third kappa shape index (κ3) is 8.66. The van der Waals surface area contributed by atoms with Gasteiger partial charge in [-0.2, -0.15) is 4.98 Å². The average Bonchev–Trinajstić information content (AvgIpc) is 3.08. The van der Waals surface area contributed by atoms with Gasteiger partial charge in [-0.3, -0.25) is 22.7 Å². The van der Waals surface area contributed by atoms with Crippen LogP contribution in [0.1, 0.15) is 52.2 Å². The molecule has 5 atom stereocenters. The lowest BCUT2D eigenvalue weighted by Gasteiger charge is -2.22. The summed E-state index contributed by atoms with van der Waals surface area (Å²) in [6.45, 7) is 3.34. The maximum atomic E-state index is 12.3. The number of nitrogens with zero attached hydrogens (tertiary/aromatic N) is 2. The molecule has 32 heavy (non-hydrogen) atoms. The summed E-state index contributed by atoms with van der Waals surface area (Å²) in [4.78, 5) is 35.6. The van der Waals surface area contributed by atoms with Gasteiger partial charge in [0.15, 0.2) is 0 Å². The van der Waals surface area contributed by atoms with Crippen LogP contribution in [0.25, 0.3) is 0 Å². The Kier molecular flexibility index (Phi) is 10.5. The lowest BCUT2D eigenvalue weighted by molar-refractivity contribution is -0.0468. The number of phosphoric ester groups is 2. The van der Waals surface area contributed by atoms with Crippen LogP contribution in [0, 0.1) is 0 Å². The Morgan fingerprint density at radius 2 is 1.78 bits per heavy atom. The Morgan fingerprint density at radius 1 is 1.16 bits per heavy atom. The smallest absolute Gasteiger partial charge is 0.383 e. The highest BCUT2D eigenvalue weighted by atomic mass is 31.2. The molecular formula is C17H31N3O10P2. The van der Waals surface area contributed by atoms with Crippen LogP contribution >= 0.6 is 15.6 Å². The van der Waals surface area contributed by atoms with Gasteiger partial charge >= 0.3 is 21.3 Å². The van der Waals surface area contributed by atoms with Gasteiger partial charge in [0.25, 0.3) is 0 Å². The van der Waals surface area contributed by atoms with Gasteiger partial charge in [-0.1, -0.05) is 26.7 Å². The standard InChI is InChI=1S/C17H31N3O10P2/c1-3-5-9-26-31(22,23)28-12-14-13(30-32(24,25)27-10-6-4-2)11-16(29-14)20-8-7-15(18)19-17(20)21/h7-8,13-14,16H,3-6,9-12H2,1-2H3,(H,22,23)(H,24,25)(H2,18,19,21)/t13-,14+,16-/m0/s1. The first-order valence-electron chi connectivity index (χ1n) is 10.3. The van der Waals surface area contributed by atoms with Gasteiger partial charge in [0.1, 0.15) is 24.3 Å². The SMILES string of the molecule is CCCCOP(=O)(O)OC[C@H]1O[C@H](n2ccc(N)nc2=O)C[C@@H]1OP(=O)(O)OCCCC. The van der Waals surface area contributed by atoms with Crippen molar-refractivity contribution in [1.82, 2.24) is 9.55 Å². The number of aromatic nitrogens is 2. The van der Waals surface area contributed by atoms with Crippen LogP contribution in [0.4, 0.5) is 5.82 Å². The third-order valence-electron chi connectivity index (χ3n) is 4.52. The minimum absolute atomic E-state index is 0.0148. The molecule has 184 valence electrons. The first-order chi connectivity index (χ1) is 15.1. The molecule has 1 aliphatic heterocycles. The van der Waals surface area contributed by atoms with Crippen LogP contribution in [0.5, 0.6) is 0 Å². The molecular weight excluding hydrogens is 468 g/mol. The number of ether oxygens (including phenoxy) is 1. The quantitative estimate of drug-likeness (QED) is 0.251. The monoisotopic (exact) mass is 499 g/mol. The van der Waals surface area contributed by atoms with Crippen molar-refractivity contribution in [2.24, 2.45) is 0 Å². The Hall–Kier alpha value is -1.14. The van der Waals surface area contributed by atoms with Gasteiger partial charge in [-0.05, 0) is 18.9 Å². The maximum absolute atomic E-state index is 12.3. The summed E-state index contributed by atoms with van der Waals surface area (Å²) < 4.78 is 51.3. The van der Waals surface area contributed by atoms with E-state index in [9.17, 15) is 23.7 Å². The van der Waals surface area contributed by atoms with Crippen LogP contribution in [0.15, 0.2) is 17.1 Å². The Morgan fingerprint density at radius 3 is 2.38 bits per heavy atom. The molecule has 0 amide bonds. The Labute approximate surface area is 186 Å². The fraction of sp³-hybridized carbons (Fsp3) is 0.765. The molecule has 0 bridgehead atoms. The molecule has 0 radical (unpaired) electrons. The summed E-state index contributed by atoms with van der Waals surface area (Å²) in [6.07, 6.45) is 0.845. The average molecular weight is 499 g/mol. The van der Waals surface area contributed by atoms with Crippen molar-refractivity contribution in [3.05, 3.63) is 22.7 Å². The molecule has 2 rings (SSSR count). The van der Waals surface area contributed by atoms with Crippen LogP contribution in [-0.2, 0) is 32.0 Å². The number of nitrogens with two attached hydrogens (primary N) is 1. The molecule has 1 aliphatic rings. The minimum Gasteiger partial charge on any atom is -0.383 e. The fourth-order valence-corrected chi connectivity index (χ4v) is 4.59. The molecule has 0 spiro atoms. The highest BCUT2D eigenvalue weighted by Crippen LogP contribution is 2.49. The first-order valence-corrected chi connectivity index (χ1v) is 13.3. The lowest BCUT2D eigenvalue weighted by Crippen LogP contribution is -2.29. The molecule has 2 unspecified atom stereocenters. The van der Waals surface area contributed by atoms with Gasteiger partial charge in [-0.25, -0.2) is 13.9 Å². The van der Waals surface area contributed by atoms with Gasteiger partial charge < -0.3 is 20.3 Å². The summed E-state index contributed by atoms with van der Waals surface area (Å²) in [5.74, 6) is 0.0200. The molecule has 1 fully saturated rings. The predicted molar refractivity (Wildman–Crippen MR) is 114 cm³/mol. The van der Waals surface area contributed by atoms with Crippen LogP contribution in [0.3, 0.4) is 0 Å². The molecule has 4 N–H and O–H groups in total. The van der Waals surface area contributed by atoms with Crippen LogP contribution in [-0.4, -0.2) is 51.4 Å². The molecule has 0 aliphatic carbocycles. The predicted octanol–water partition coefficient (Wildman–Crippen LogP) is 2.35. The number of unbranched alkanes of at least 4 members (excludes halogenated alkanes) is 2. The summed E-state index contributed by atoms with van der Waals surface area (Å²) in [6, 6.07) is 1.39. The fourth-order valence-electron chi connectivity index (χ4n) is 2.83. The van der Waals surface area contributed by atoms with Crippen molar-refractivity contribution in [3.63, 3.8) is 0 Å². The van der Waals surface area contributed by atoms with Gasteiger partial charge in [-0.15, -0.1) is 0 Å². The summed E-state index contributed by atoms with van der Waals surface area (Å²) in [7, 11) is -8.83. The van der Waals surface area contributed by atoms with Crippen molar-refractivity contribution >= 4 is 21.5 Å². The van der Waals surface area contributed by atoms with Crippen LogP contribution < -0.4 is 11.4 Å². The zero-order valence-corrected chi connectivity index (χ0v) is 19.9. The number of nitrogen functional groups attached to an aromatic ring is 1. The largest absolute Gasteiger partial charge is 0.472 e. The van der Waals surface area contributed by atoms with E-state index < -0.39 is 46.4 Å². The number of phosphoric acid groups is 2. The molecule has 1 aromatic rings. The number of rotatable bonds is 14. The van der Waals surface area contributed by atoms with Gasteiger partial charge in [0.05, 0.1) is 19.8 Å². The van der Waals surface area contributed by atoms with E-state index in [2.05, 4.69) is 4.98 Å². The molecule has 1 aromatic heterocycles. The van der Waals surface area contributed by atoms with Crippen molar-refractivity contribution < 1.29 is 41.7 Å². The Balaban J connectivity index is 2.12. The second kappa shape index (κ2) is 12.4. The zero-order valence-electron chi connectivity index (χ0n) is 18.1. The second-order valence-electron chi connectivity index (χ2n) is 7.16. The summed E-state index contributed by atoms with van der Waals surface area (Å²) >= 11 is 0. The molecule has 15 heteroatoms. The highest BCUT2D eigenvalue weighted by molar-refractivity contribution is 7.47. The van der Waals surface area contributed by atoms with E-state index in [-0.39, 0.29) is 25.5 Å². The number of hydrogen-bond acceptors (Lipinski definition) is 10. The first kappa shape index (κ1) is 27.1. The third-order valence-corrected chi connectivity index (χ3v) is 6.55. The summed E-state index contributed by atoms with van der Waals surface area (Å²) in [5, 5.41) is 0. The van der Waals surface area contributed by atoms with Crippen molar-refractivity contribution in [1.29, 1.82) is 0 Å². The minimum atomic E-state index is -4.45. The van der Waals surface area contributed by atoms with E-state index in [0.717, 1.165) is 17.4 Å². The van der Waals surface area contributed by atoms with Crippen molar-refractivity contribution in [3.8, 4) is 0 Å². The van der Waals surface area contributed by atoms with E-state index in [1.807, 2.05) is 13.8 Å². The second-order valence-corrected chi connectivity index (χ2v) is 10.0. The van der Waals surface area contributed by atoms with Gasteiger partial charge in [0, 0.05) is 12.6 Å². The maximum Gasteiger partial charge on any atom is 0.472 e. The molecule has 2 heterocycles. The van der Waals surface area contributed by atoms with E-state index in [1.54, 1.807) is 0 Å². The molecule has 0 aromatic carbocycles. The van der Waals surface area contributed by atoms with E-state index in [1.165, 1.54) is 12.3 Å². The van der Waals surface area contributed by atoms with E-state index >= 15 is 0 Å². The summed E-state index contributed by atoms with van der Waals surface area (Å²) in [5.41, 5.74) is 4.80. The van der Waals surface area contributed by atoms with Crippen molar-refractivity contribution in [2.45, 2.75) is 64.4 Å². The number of hydrogen-bond donors (Lipinski definition) is 3. The molecule has 0 saturated carbocycles. The molecule has 13 nitrogen and oxygen atoms in total. The van der Waals surface area contributed by atoms with E-state index in [4.69, 9.17) is 28.6 Å². The van der Waals surface area contributed by atoms with Gasteiger partial charge in [0.2, 0.25) is 0 Å². The zero-order chi connectivity index (χ0) is 23.8. The topological polar surface area (TPSA) is 182 Å². The number of anilines is 1. The van der Waals surface area contributed by atoms with Crippen molar-refractivity contribution in [2.75, 3.05) is 25.6 Å². The molecule has 1 saturated heterocycles. The lowest BCUT2D eigenvalue weighted by atomic mass is 10.2. The van der Waals surface area contributed by atoms with Crippen LogP contribution in [0.2, 0.25) is 0 Å². The van der Waals surface area contributed by atoms with E-state index in [0.29, 0.717) is 12.8 Å². The normalized spacial score (nSPS) is 24.8.